The predicted molar refractivity (Wildman–Crippen MR) is 161 cm³/mol. The predicted octanol–water partition coefficient (Wildman–Crippen LogP) is 4.87. The quantitative estimate of drug-likeness (QED) is 0.243. The lowest BCUT2D eigenvalue weighted by Crippen LogP contribution is -2.58. The van der Waals surface area contributed by atoms with Gasteiger partial charge in [0.25, 0.3) is 0 Å². The lowest BCUT2D eigenvalue weighted by atomic mass is 9.92. The van der Waals surface area contributed by atoms with Gasteiger partial charge in [-0.25, -0.2) is 4.39 Å². The molecule has 4 aromatic rings. The van der Waals surface area contributed by atoms with Gasteiger partial charge in [-0.15, -0.1) is 0 Å². The van der Waals surface area contributed by atoms with Crippen LogP contribution in [0.15, 0.2) is 37.1 Å². The molecule has 2 atom stereocenters. The first-order valence-electron chi connectivity index (χ1n) is 14.0. The van der Waals surface area contributed by atoms with Crippen molar-refractivity contribution in [2.45, 2.75) is 46.2 Å². The van der Waals surface area contributed by atoms with Crippen molar-refractivity contribution < 1.29 is 13.9 Å². The molecule has 5 rings (SSSR count). The van der Waals surface area contributed by atoms with Gasteiger partial charge in [0, 0.05) is 48.1 Å². The molecule has 1 fully saturated rings. The second kappa shape index (κ2) is 11.4. The Morgan fingerprint density at radius 1 is 1.15 bits per heavy atom. The first-order chi connectivity index (χ1) is 19.6. The number of aromatic amines is 1. The number of hydrogen-bond acceptors (Lipinski definition) is 7. The summed E-state index contributed by atoms with van der Waals surface area (Å²) in [5, 5.41) is 8.66. The van der Waals surface area contributed by atoms with Gasteiger partial charge in [-0.05, 0) is 83.1 Å². The third kappa shape index (κ3) is 5.36. The summed E-state index contributed by atoms with van der Waals surface area (Å²) in [6.45, 7) is 13.9. The van der Waals surface area contributed by atoms with Crippen molar-refractivity contribution in [1.29, 1.82) is 0 Å². The summed E-state index contributed by atoms with van der Waals surface area (Å²) < 4.78 is 22.8. The molecule has 2 aromatic carbocycles. The zero-order valence-corrected chi connectivity index (χ0v) is 24.7. The highest BCUT2D eigenvalue weighted by Gasteiger charge is 2.34. The normalized spacial score (nSPS) is 17.6. The monoisotopic (exact) mass is 559 g/mol. The minimum absolute atomic E-state index is 0.0697. The number of halogens is 1. The smallest absolute Gasteiger partial charge is 0.319 e. The van der Waals surface area contributed by atoms with Gasteiger partial charge in [0.05, 0.1) is 18.3 Å². The average molecular weight is 560 g/mol. The van der Waals surface area contributed by atoms with Crippen LogP contribution in [-0.4, -0.2) is 88.3 Å². The van der Waals surface area contributed by atoms with Gasteiger partial charge in [-0.3, -0.25) is 9.89 Å². The Balaban J connectivity index is 1.66. The summed E-state index contributed by atoms with van der Waals surface area (Å²) in [6.07, 6.45) is 3.86. The molecule has 0 radical (unpaired) electrons. The van der Waals surface area contributed by atoms with Crippen LogP contribution in [0.4, 0.5) is 10.2 Å². The minimum Gasteiger partial charge on any atom is -0.463 e. The number of aryl methyl sites for hydroxylation is 2. The van der Waals surface area contributed by atoms with Crippen LogP contribution in [0.25, 0.3) is 32.9 Å². The molecule has 10 heteroatoms. The lowest BCUT2D eigenvalue weighted by molar-refractivity contribution is -0.128. The second-order valence-electron chi connectivity index (χ2n) is 11.2. The molecule has 1 N–H and O–H groups in total. The van der Waals surface area contributed by atoms with E-state index < -0.39 is 5.82 Å². The number of rotatable bonds is 8. The van der Waals surface area contributed by atoms with Crippen molar-refractivity contribution in [3.05, 3.63) is 54.0 Å². The molecule has 1 aliphatic heterocycles. The van der Waals surface area contributed by atoms with Crippen LogP contribution in [0.3, 0.4) is 0 Å². The summed E-state index contributed by atoms with van der Waals surface area (Å²) >= 11 is 0. The van der Waals surface area contributed by atoms with Gasteiger partial charge >= 0.3 is 6.01 Å². The number of ether oxygens (including phenoxy) is 1. The van der Waals surface area contributed by atoms with Crippen molar-refractivity contribution in [1.82, 2.24) is 30.0 Å². The number of anilines is 1. The summed E-state index contributed by atoms with van der Waals surface area (Å²) in [7, 11) is 4.01. The third-order valence-electron chi connectivity index (χ3n) is 7.87. The van der Waals surface area contributed by atoms with Gasteiger partial charge in [-0.1, -0.05) is 12.6 Å². The Hall–Kier alpha value is -4.05. The number of aromatic nitrogens is 4. The van der Waals surface area contributed by atoms with E-state index in [0.717, 1.165) is 40.6 Å². The van der Waals surface area contributed by atoms with Crippen LogP contribution in [-0.2, 0) is 4.79 Å². The van der Waals surface area contributed by atoms with E-state index in [-0.39, 0.29) is 29.5 Å². The van der Waals surface area contributed by atoms with Gasteiger partial charge < -0.3 is 19.4 Å². The van der Waals surface area contributed by atoms with E-state index in [1.807, 2.05) is 64.9 Å². The fourth-order valence-corrected chi connectivity index (χ4v) is 5.76. The molecule has 0 unspecified atom stereocenters. The standard InChI is InChI=1S/C31H38FN7O2/c1-8-25(40)38-16-21(5)39(17-20(38)4)30-22-14-19(3)27(26-18(2)10-11-24-23(26)15-33-36-24)28(32)29(22)34-31(35-30)41-13-9-12-37(6)7/h8,10-11,14-15,20-21H,1,9,12-13,16-17H2,2-7H3,(H,33,36)/t20-,21+/m1/s1. The number of fused-ring (bicyclic) bond motifs is 2. The largest absolute Gasteiger partial charge is 0.463 e. The summed E-state index contributed by atoms with van der Waals surface area (Å²) in [5.41, 5.74) is 4.06. The highest BCUT2D eigenvalue weighted by molar-refractivity contribution is 6.01. The Morgan fingerprint density at radius 3 is 2.66 bits per heavy atom. The fraction of sp³-hybridized carbons (Fsp3) is 0.419. The van der Waals surface area contributed by atoms with Crippen LogP contribution in [0.5, 0.6) is 6.01 Å². The van der Waals surface area contributed by atoms with E-state index in [9.17, 15) is 4.79 Å². The Bertz CT molecular complexity index is 1620. The first-order valence-corrected chi connectivity index (χ1v) is 14.0. The molecular formula is C31H38FN7O2. The molecule has 41 heavy (non-hydrogen) atoms. The number of carbonyl (C=O) groups excluding carboxylic acids is 1. The van der Waals surface area contributed by atoms with Crippen molar-refractivity contribution >= 4 is 33.5 Å². The van der Waals surface area contributed by atoms with Crippen molar-refractivity contribution in [3.8, 4) is 17.1 Å². The molecule has 1 aliphatic rings. The molecule has 0 bridgehead atoms. The maximum Gasteiger partial charge on any atom is 0.319 e. The molecule has 1 amide bonds. The van der Waals surface area contributed by atoms with E-state index in [2.05, 4.69) is 31.6 Å². The molecule has 0 aliphatic carbocycles. The zero-order valence-electron chi connectivity index (χ0n) is 24.7. The maximum absolute atomic E-state index is 16.8. The molecule has 1 saturated heterocycles. The number of hydrogen-bond donors (Lipinski definition) is 1. The summed E-state index contributed by atoms with van der Waals surface area (Å²) in [5.74, 6) is 0.0889. The lowest BCUT2D eigenvalue weighted by Gasteiger charge is -2.44. The van der Waals surface area contributed by atoms with E-state index >= 15 is 4.39 Å². The minimum atomic E-state index is -0.417. The summed E-state index contributed by atoms with van der Waals surface area (Å²) in [6, 6.07) is 5.88. The fourth-order valence-electron chi connectivity index (χ4n) is 5.76. The number of nitrogens with zero attached hydrogens (tertiary/aromatic N) is 6. The molecule has 3 heterocycles. The van der Waals surface area contributed by atoms with Crippen LogP contribution >= 0.6 is 0 Å². The number of H-pyrrole nitrogens is 1. The van der Waals surface area contributed by atoms with Crippen LogP contribution in [0, 0.1) is 19.7 Å². The van der Waals surface area contributed by atoms with E-state index in [0.29, 0.717) is 36.5 Å². The SMILES string of the molecule is C=CC(=O)N1C[C@H](C)N(c2nc(OCCCN(C)C)nc3c(F)c(-c4c(C)ccc5[nH]ncc45)c(C)cc23)C[C@H]1C. The van der Waals surface area contributed by atoms with Crippen LogP contribution < -0.4 is 9.64 Å². The van der Waals surface area contributed by atoms with E-state index in [1.165, 1.54) is 6.08 Å². The van der Waals surface area contributed by atoms with Gasteiger partial charge in [0.1, 0.15) is 11.3 Å². The molecule has 9 nitrogen and oxygen atoms in total. The second-order valence-corrected chi connectivity index (χ2v) is 11.2. The highest BCUT2D eigenvalue weighted by Crippen LogP contribution is 2.40. The van der Waals surface area contributed by atoms with Crippen molar-refractivity contribution in [2.75, 3.05) is 45.2 Å². The zero-order chi connectivity index (χ0) is 29.4. The topological polar surface area (TPSA) is 90.5 Å². The third-order valence-corrected chi connectivity index (χ3v) is 7.87. The van der Waals surface area contributed by atoms with Gasteiger partial charge in [0.15, 0.2) is 5.82 Å². The Morgan fingerprint density at radius 2 is 1.93 bits per heavy atom. The number of amides is 1. The summed E-state index contributed by atoms with van der Waals surface area (Å²) in [4.78, 5) is 28.0. The number of benzene rings is 2. The number of nitrogens with one attached hydrogen (secondary N) is 1. The Kier molecular flexibility index (Phi) is 7.95. The highest BCUT2D eigenvalue weighted by atomic mass is 19.1. The molecule has 0 spiro atoms. The van der Waals surface area contributed by atoms with Crippen LogP contribution in [0.1, 0.15) is 31.4 Å². The number of carbonyl (C=O) groups is 1. The van der Waals surface area contributed by atoms with Crippen molar-refractivity contribution in [3.63, 3.8) is 0 Å². The van der Waals surface area contributed by atoms with E-state index in [1.54, 1.807) is 6.20 Å². The van der Waals surface area contributed by atoms with Crippen LogP contribution in [0.2, 0.25) is 0 Å². The van der Waals surface area contributed by atoms with Gasteiger partial charge in [0.2, 0.25) is 5.91 Å². The maximum atomic E-state index is 16.8. The first kappa shape index (κ1) is 28.5. The van der Waals surface area contributed by atoms with Crippen molar-refractivity contribution in [2.24, 2.45) is 0 Å². The molecular weight excluding hydrogens is 521 g/mol. The van der Waals surface area contributed by atoms with Gasteiger partial charge in [-0.2, -0.15) is 15.1 Å². The molecule has 2 aromatic heterocycles. The molecule has 216 valence electrons. The average Bonchev–Trinajstić information content (AvgIpc) is 3.42. The number of piperazine rings is 1. The molecule has 0 saturated carbocycles. The Labute approximate surface area is 240 Å². The van der Waals surface area contributed by atoms with E-state index in [4.69, 9.17) is 9.72 Å².